The predicted molar refractivity (Wildman–Crippen MR) is 140 cm³/mol. The van der Waals surface area contributed by atoms with Crippen LogP contribution in [0.4, 0.5) is 5.69 Å². The minimum Gasteiger partial charge on any atom is -0.339 e. The topological polar surface area (TPSA) is 158 Å². The first-order chi connectivity index (χ1) is 17.5. The molecular formula is C27H30N6O4. The van der Waals surface area contributed by atoms with Crippen molar-refractivity contribution in [2.24, 2.45) is 5.73 Å². The largest absolute Gasteiger partial charge is 0.339 e. The standard InChI is InChI=1S/C26H26N6O4.CH4/c27-14-23(26(35)32-36)31-25(34)21-9-5-18(6-10-21)3-4-19-7-11-22(12-8-19)30-24(33)17-29-16-20-2-1-13-28-15-20;/h1-2,5-13,15,23,29,36H,14,16-17,27H2,(H,30,33)(H,31,34)(H,32,35);1H4/t23-;/m0./s1. The number of carbonyl (C=O) groups is 3. The summed E-state index contributed by atoms with van der Waals surface area (Å²) in [5.74, 6) is 4.58. The van der Waals surface area contributed by atoms with E-state index < -0.39 is 17.9 Å². The molecule has 0 radical (unpaired) electrons. The number of nitrogens with zero attached hydrogens (tertiary/aromatic N) is 1. The van der Waals surface area contributed by atoms with Crippen LogP contribution in [0, 0.1) is 11.8 Å². The highest BCUT2D eigenvalue weighted by atomic mass is 16.5. The van der Waals surface area contributed by atoms with Gasteiger partial charge in [-0.1, -0.05) is 25.3 Å². The molecule has 37 heavy (non-hydrogen) atoms. The molecule has 0 aliphatic heterocycles. The molecule has 0 bridgehead atoms. The molecule has 1 heterocycles. The minimum atomic E-state index is -1.04. The maximum Gasteiger partial charge on any atom is 0.267 e. The van der Waals surface area contributed by atoms with Crippen molar-refractivity contribution >= 4 is 23.4 Å². The van der Waals surface area contributed by atoms with Gasteiger partial charge in [-0.05, 0) is 60.2 Å². The van der Waals surface area contributed by atoms with Crippen LogP contribution in [0.5, 0.6) is 0 Å². The Morgan fingerprint density at radius 3 is 2.19 bits per heavy atom. The highest BCUT2D eigenvalue weighted by Gasteiger charge is 2.19. The van der Waals surface area contributed by atoms with Crippen molar-refractivity contribution in [3.05, 3.63) is 95.3 Å². The zero-order valence-corrected chi connectivity index (χ0v) is 19.3. The molecule has 0 aliphatic carbocycles. The summed E-state index contributed by atoms with van der Waals surface area (Å²) in [4.78, 5) is 39.9. The Balaban J connectivity index is 0.00000481. The number of rotatable bonds is 9. The predicted octanol–water partition coefficient (Wildman–Crippen LogP) is 1.41. The number of hydrogen-bond donors (Lipinski definition) is 6. The number of pyridine rings is 1. The molecule has 0 spiro atoms. The Labute approximate surface area is 215 Å². The summed E-state index contributed by atoms with van der Waals surface area (Å²) in [5.41, 5.74) is 10.3. The quantitative estimate of drug-likeness (QED) is 0.147. The Hall–Kier alpha value is -4.56. The molecule has 0 saturated carbocycles. The fraction of sp³-hybridized carbons (Fsp3) is 0.185. The van der Waals surface area contributed by atoms with Crippen LogP contribution in [0.15, 0.2) is 73.1 Å². The van der Waals surface area contributed by atoms with Crippen LogP contribution in [0.1, 0.15) is 34.5 Å². The number of aromatic nitrogens is 1. The normalized spacial score (nSPS) is 10.6. The van der Waals surface area contributed by atoms with Gasteiger partial charge in [0, 0.05) is 47.9 Å². The Bertz CT molecular complexity index is 1240. The van der Waals surface area contributed by atoms with Gasteiger partial charge in [0.15, 0.2) is 0 Å². The van der Waals surface area contributed by atoms with Crippen molar-refractivity contribution in [3.63, 3.8) is 0 Å². The van der Waals surface area contributed by atoms with Gasteiger partial charge in [0.25, 0.3) is 11.8 Å². The minimum absolute atomic E-state index is 0. The number of carbonyl (C=O) groups excluding carboxylic acids is 3. The molecule has 7 N–H and O–H groups in total. The molecular weight excluding hydrogens is 472 g/mol. The van der Waals surface area contributed by atoms with Crippen molar-refractivity contribution in [2.75, 3.05) is 18.4 Å². The zero-order chi connectivity index (χ0) is 25.8. The van der Waals surface area contributed by atoms with Crippen LogP contribution >= 0.6 is 0 Å². The highest BCUT2D eigenvalue weighted by molar-refractivity contribution is 5.97. The summed E-state index contributed by atoms with van der Waals surface area (Å²) in [5, 5.41) is 17.0. The number of anilines is 1. The SMILES string of the molecule is C.NC[C@H](NC(=O)c1ccc(C#Cc2ccc(NC(=O)CNCc3cccnc3)cc2)cc1)C(=O)NO. The van der Waals surface area contributed by atoms with E-state index in [2.05, 4.69) is 32.8 Å². The van der Waals surface area contributed by atoms with Crippen molar-refractivity contribution < 1.29 is 19.6 Å². The van der Waals surface area contributed by atoms with Gasteiger partial charge in [-0.3, -0.25) is 24.6 Å². The molecule has 2 aromatic carbocycles. The molecule has 3 aromatic rings. The molecule has 10 heteroatoms. The van der Waals surface area contributed by atoms with E-state index in [4.69, 9.17) is 10.9 Å². The van der Waals surface area contributed by atoms with Gasteiger partial charge in [0.05, 0.1) is 6.54 Å². The van der Waals surface area contributed by atoms with Crippen molar-refractivity contribution in [2.45, 2.75) is 20.0 Å². The average molecular weight is 503 g/mol. The molecule has 0 aliphatic rings. The van der Waals surface area contributed by atoms with Gasteiger partial charge < -0.3 is 21.7 Å². The smallest absolute Gasteiger partial charge is 0.267 e. The van der Waals surface area contributed by atoms with Crippen LogP contribution in [-0.2, 0) is 16.1 Å². The molecule has 10 nitrogen and oxygen atoms in total. The van der Waals surface area contributed by atoms with E-state index in [0.717, 1.165) is 11.1 Å². The first-order valence-corrected chi connectivity index (χ1v) is 11.0. The second-order valence-electron chi connectivity index (χ2n) is 7.66. The molecule has 3 amide bonds. The summed E-state index contributed by atoms with van der Waals surface area (Å²) < 4.78 is 0. The summed E-state index contributed by atoms with van der Waals surface area (Å²) in [7, 11) is 0. The molecule has 1 atom stereocenters. The molecule has 192 valence electrons. The second-order valence-corrected chi connectivity index (χ2v) is 7.66. The first-order valence-electron chi connectivity index (χ1n) is 11.0. The van der Waals surface area contributed by atoms with E-state index in [1.165, 1.54) is 5.48 Å². The van der Waals surface area contributed by atoms with E-state index in [-0.39, 0.29) is 26.4 Å². The van der Waals surface area contributed by atoms with Gasteiger partial charge in [-0.2, -0.15) is 0 Å². The van der Waals surface area contributed by atoms with E-state index in [9.17, 15) is 14.4 Å². The fourth-order valence-corrected chi connectivity index (χ4v) is 3.07. The number of hydrogen-bond acceptors (Lipinski definition) is 7. The Kier molecular flexibility index (Phi) is 11.4. The van der Waals surface area contributed by atoms with Crippen molar-refractivity contribution in [1.29, 1.82) is 0 Å². The molecule has 3 rings (SSSR count). The lowest BCUT2D eigenvalue weighted by molar-refractivity contribution is -0.130. The lowest BCUT2D eigenvalue weighted by Gasteiger charge is -2.14. The molecule has 0 fully saturated rings. The van der Waals surface area contributed by atoms with Crippen LogP contribution < -0.4 is 27.2 Å². The number of amides is 3. The number of nitrogens with one attached hydrogen (secondary N) is 4. The summed E-state index contributed by atoms with van der Waals surface area (Å²) >= 11 is 0. The van der Waals surface area contributed by atoms with Crippen LogP contribution in [0.3, 0.4) is 0 Å². The molecule has 0 unspecified atom stereocenters. The van der Waals surface area contributed by atoms with E-state index in [1.54, 1.807) is 60.9 Å². The zero-order valence-electron chi connectivity index (χ0n) is 19.3. The van der Waals surface area contributed by atoms with Crippen LogP contribution in [-0.4, -0.2) is 47.0 Å². The third-order valence-corrected chi connectivity index (χ3v) is 4.97. The highest BCUT2D eigenvalue weighted by Crippen LogP contribution is 2.09. The van der Waals surface area contributed by atoms with Crippen molar-refractivity contribution in [3.8, 4) is 11.8 Å². The number of hydroxylamine groups is 1. The van der Waals surface area contributed by atoms with Crippen LogP contribution in [0.25, 0.3) is 0 Å². The van der Waals surface area contributed by atoms with E-state index in [0.29, 0.717) is 23.4 Å². The van der Waals surface area contributed by atoms with Crippen molar-refractivity contribution in [1.82, 2.24) is 21.1 Å². The van der Waals surface area contributed by atoms with Gasteiger partial charge in [0.1, 0.15) is 6.04 Å². The van der Waals surface area contributed by atoms with Gasteiger partial charge >= 0.3 is 0 Å². The Morgan fingerprint density at radius 1 is 0.973 bits per heavy atom. The molecule has 1 aromatic heterocycles. The molecule has 0 saturated heterocycles. The summed E-state index contributed by atoms with van der Waals surface area (Å²) in [6.07, 6.45) is 3.44. The summed E-state index contributed by atoms with van der Waals surface area (Å²) in [6.45, 7) is 0.565. The average Bonchev–Trinajstić information content (AvgIpc) is 2.91. The lowest BCUT2D eigenvalue weighted by Crippen LogP contribution is -2.50. The third kappa shape index (κ3) is 9.19. The van der Waals surface area contributed by atoms with E-state index >= 15 is 0 Å². The monoisotopic (exact) mass is 502 g/mol. The number of benzene rings is 2. The summed E-state index contributed by atoms with van der Waals surface area (Å²) in [6, 6.07) is 16.4. The van der Waals surface area contributed by atoms with E-state index in [1.807, 2.05) is 12.1 Å². The number of nitrogens with two attached hydrogens (primary N) is 1. The lowest BCUT2D eigenvalue weighted by atomic mass is 10.1. The maximum atomic E-state index is 12.3. The van der Waals surface area contributed by atoms with Gasteiger partial charge in [-0.25, -0.2) is 5.48 Å². The fourth-order valence-electron chi connectivity index (χ4n) is 3.07. The Morgan fingerprint density at radius 2 is 1.62 bits per heavy atom. The first kappa shape index (κ1) is 28.7. The third-order valence-electron chi connectivity index (χ3n) is 4.97. The maximum absolute atomic E-state index is 12.3. The van der Waals surface area contributed by atoms with Gasteiger partial charge in [0.2, 0.25) is 5.91 Å². The second kappa shape index (κ2) is 14.8. The van der Waals surface area contributed by atoms with Crippen LogP contribution in [0.2, 0.25) is 0 Å². The van der Waals surface area contributed by atoms with Gasteiger partial charge in [-0.15, -0.1) is 0 Å².